The number of amides is 2. The lowest BCUT2D eigenvalue weighted by Crippen LogP contribution is -2.44. The summed E-state index contributed by atoms with van der Waals surface area (Å²) in [7, 11) is 7.66. The molecular formula is C36H40N10O3. The van der Waals surface area contributed by atoms with Crippen molar-refractivity contribution in [3.8, 4) is 17.0 Å². The van der Waals surface area contributed by atoms with Crippen LogP contribution in [0.25, 0.3) is 22.3 Å². The van der Waals surface area contributed by atoms with Gasteiger partial charge in [0, 0.05) is 61.4 Å². The van der Waals surface area contributed by atoms with E-state index in [1.54, 1.807) is 31.4 Å². The lowest BCUT2D eigenvalue weighted by molar-refractivity contribution is -0.111. The summed E-state index contributed by atoms with van der Waals surface area (Å²) in [6.45, 7) is 4.31. The number of nitrogens with one attached hydrogen (secondary N) is 4. The summed E-state index contributed by atoms with van der Waals surface area (Å²) in [6.07, 6.45) is 3.30. The van der Waals surface area contributed by atoms with Gasteiger partial charge in [-0.2, -0.15) is 10.1 Å². The van der Waals surface area contributed by atoms with Gasteiger partial charge in [-0.3, -0.25) is 14.7 Å². The van der Waals surface area contributed by atoms with Crippen LogP contribution in [0.3, 0.4) is 0 Å². The Morgan fingerprint density at radius 2 is 1.69 bits per heavy atom. The highest BCUT2D eigenvalue weighted by Crippen LogP contribution is 2.35. The van der Waals surface area contributed by atoms with Gasteiger partial charge in [-0.05, 0) is 63.6 Å². The smallest absolute Gasteiger partial charge is 0.276 e. The molecule has 3 aromatic carbocycles. The van der Waals surface area contributed by atoms with Crippen molar-refractivity contribution < 1.29 is 14.3 Å². The monoisotopic (exact) mass is 660 g/mol. The number of anilines is 5. The first kappa shape index (κ1) is 33.1. The second kappa shape index (κ2) is 15.0. The molecule has 0 bridgehead atoms. The fraction of sp³-hybridized carbons (Fsp3) is 0.250. The fourth-order valence-electron chi connectivity index (χ4n) is 5.56. The lowest BCUT2D eigenvalue weighted by atomic mass is 10.1. The Balaban J connectivity index is 1.37. The second-order valence-electron chi connectivity index (χ2n) is 12.0. The van der Waals surface area contributed by atoms with Gasteiger partial charge in [0.05, 0.1) is 23.9 Å². The van der Waals surface area contributed by atoms with Gasteiger partial charge < -0.3 is 35.4 Å². The highest BCUT2D eigenvalue weighted by molar-refractivity contribution is 6.14. The number of piperazine rings is 1. The molecule has 3 heterocycles. The molecule has 0 atom stereocenters. The van der Waals surface area contributed by atoms with E-state index in [1.807, 2.05) is 73.6 Å². The van der Waals surface area contributed by atoms with Crippen molar-refractivity contribution in [3.05, 3.63) is 90.6 Å². The Bertz CT molecular complexity index is 1970. The zero-order valence-electron chi connectivity index (χ0n) is 28.0. The number of aromatic nitrogens is 4. The molecule has 1 fully saturated rings. The molecule has 0 aliphatic carbocycles. The molecule has 0 radical (unpaired) electrons. The van der Waals surface area contributed by atoms with Crippen molar-refractivity contribution in [2.45, 2.75) is 0 Å². The highest BCUT2D eigenvalue weighted by Gasteiger charge is 2.23. The highest BCUT2D eigenvalue weighted by atomic mass is 16.5. The summed E-state index contributed by atoms with van der Waals surface area (Å²) in [5.74, 6) is 0.420. The molecule has 5 aromatic rings. The molecule has 49 heavy (non-hydrogen) atoms. The number of aromatic amines is 1. The summed E-state index contributed by atoms with van der Waals surface area (Å²) < 4.78 is 5.70. The predicted molar refractivity (Wildman–Crippen MR) is 194 cm³/mol. The number of para-hydroxylation sites is 1. The molecule has 252 valence electrons. The number of benzene rings is 3. The molecule has 0 spiro atoms. The molecule has 2 aromatic heterocycles. The van der Waals surface area contributed by atoms with E-state index in [1.165, 1.54) is 6.08 Å². The van der Waals surface area contributed by atoms with Crippen LogP contribution in [-0.2, 0) is 4.79 Å². The first-order valence-corrected chi connectivity index (χ1v) is 16.0. The maximum Gasteiger partial charge on any atom is 0.276 e. The Labute approximate surface area is 285 Å². The zero-order valence-corrected chi connectivity index (χ0v) is 28.0. The first-order valence-electron chi connectivity index (χ1n) is 16.0. The van der Waals surface area contributed by atoms with Crippen molar-refractivity contribution >= 4 is 51.5 Å². The van der Waals surface area contributed by atoms with Gasteiger partial charge in [0.25, 0.3) is 5.91 Å². The summed E-state index contributed by atoms with van der Waals surface area (Å²) in [6, 6.07) is 22.3. The van der Waals surface area contributed by atoms with Gasteiger partial charge in [-0.1, -0.05) is 36.4 Å². The van der Waals surface area contributed by atoms with Gasteiger partial charge in [0.1, 0.15) is 5.75 Å². The minimum absolute atomic E-state index is 0.142. The molecule has 6 rings (SSSR count). The van der Waals surface area contributed by atoms with Gasteiger partial charge in [-0.15, -0.1) is 0 Å². The van der Waals surface area contributed by atoms with Crippen LogP contribution in [0.2, 0.25) is 0 Å². The average molecular weight is 661 g/mol. The molecule has 0 unspecified atom stereocenters. The van der Waals surface area contributed by atoms with Crippen LogP contribution in [0.4, 0.5) is 28.7 Å². The SMILES string of the molecule is COc1ccc(Nc2nc(-c3cccc(NC(=O)/C=C/CN(C)C)c3)c3c(C(=O)Nc4ccccc4)n[nH]c3n2)cc1N1CCN(C)CC1. The van der Waals surface area contributed by atoms with E-state index in [0.29, 0.717) is 46.2 Å². The number of nitrogens with zero attached hydrogens (tertiary/aromatic N) is 6. The zero-order chi connectivity index (χ0) is 34.3. The molecule has 13 nitrogen and oxygen atoms in total. The number of H-pyrrole nitrogens is 1. The molecule has 0 saturated carbocycles. The number of rotatable bonds is 11. The number of ether oxygens (including phenoxy) is 1. The molecule has 2 amide bonds. The third-order valence-corrected chi connectivity index (χ3v) is 8.09. The van der Waals surface area contributed by atoms with Crippen LogP contribution >= 0.6 is 0 Å². The minimum atomic E-state index is -0.412. The Kier molecular flexibility index (Phi) is 10.1. The van der Waals surface area contributed by atoms with Crippen molar-refractivity contribution in [2.75, 3.05) is 81.8 Å². The number of hydrogen-bond acceptors (Lipinski definition) is 10. The Morgan fingerprint density at radius 3 is 2.45 bits per heavy atom. The predicted octanol–water partition coefficient (Wildman–Crippen LogP) is 4.83. The third-order valence-electron chi connectivity index (χ3n) is 8.09. The summed E-state index contributed by atoms with van der Waals surface area (Å²) >= 11 is 0. The summed E-state index contributed by atoms with van der Waals surface area (Å²) in [5.41, 5.74) is 4.59. The number of hydrogen-bond donors (Lipinski definition) is 4. The number of likely N-dealkylation sites (N-methyl/N-ethyl adjacent to an activating group) is 2. The van der Waals surface area contributed by atoms with Crippen LogP contribution in [-0.4, -0.2) is 103 Å². The Hall–Kier alpha value is -5.79. The normalized spacial score (nSPS) is 13.6. The number of fused-ring (bicyclic) bond motifs is 1. The lowest BCUT2D eigenvalue weighted by Gasteiger charge is -2.34. The largest absolute Gasteiger partial charge is 0.495 e. The summed E-state index contributed by atoms with van der Waals surface area (Å²) in [5, 5.41) is 16.9. The Morgan fingerprint density at radius 1 is 0.918 bits per heavy atom. The van der Waals surface area contributed by atoms with Crippen LogP contribution in [0, 0.1) is 0 Å². The van der Waals surface area contributed by atoms with E-state index in [4.69, 9.17) is 14.7 Å². The van der Waals surface area contributed by atoms with Crippen LogP contribution in [0.15, 0.2) is 84.9 Å². The van der Waals surface area contributed by atoms with E-state index >= 15 is 0 Å². The standard InChI is InChI=1S/C36H40N10O3/c1-44(2)17-9-14-30(47)37-26-13-8-10-24(22-26)32-31-33(35(48)38-25-11-6-5-7-12-25)42-43-34(31)41-36(40-32)39-27-15-16-29(49-4)28(23-27)46-20-18-45(3)19-21-46/h5-16,22-23H,17-21H2,1-4H3,(H,37,47)(H,38,48)(H2,39,40,41,42,43)/b14-9+. The quantitative estimate of drug-likeness (QED) is 0.146. The molecule has 1 aliphatic rings. The van der Waals surface area contributed by atoms with Crippen molar-refractivity contribution in [1.82, 2.24) is 30.0 Å². The van der Waals surface area contributed by atoms with E-state index in [9.17, 15) is 9.59 Å². The number of carbonyl (C=O) groups excluding carboxylic acids is 2. The van der Waals surface area contributed by atoms with E-state index in [2.05, 4.69) is 43.0 Å². The minimum Gasteiger partial charge on any atom is -0.495 e. The first-order chi connectivity index (χ1) is 23.8. The van der Waals surface area contributed by atoms with Crippen LogP contribution in [0.5, 0.6) is 5.75 Å². The number of carbonyl (C=O) groups is 2. The molecule has 4 N–H and O–H groups in total. The maximum absolute atomic E-state index is 13.5. The van der Waals surface area contributed by atoms with Crippen molar-refractivity contribution in [3.63, 3.8) is 0 Å². The maximum atomic E-state index is 13.5. The number of methoxy groups -OCH3 is 1. The molecule has 1 saturated heterocycles. The van der Waals surface area contributed by atoms with Crippen molar-refractivity contribution in [1.29, 1.82) is 0 Å². The van der Waals surface area contributed by atoms with E-state index < -0.39 is 5.91 Å². The summed E-state index contributed by atoms with van der Waals surface area (Å²) in [4.78, 5) is 42.4. The van der Waals surface area contributed by atoms with Crippen molar-refractivity contribution in [2.24, 2.45) is 0 Å². The van der Waals surface area contributed by atoms with E-state index in [-0.39, 0.29) is 11.6 Å². The molecule has 13 heteroatoms. The van der Waals surface area contributed by atoms with Crippen LogP contribution < -0.4 is 25.6 Å². The average Bonchev–Trinajstić information content (AvgIpc) is 3.53. The topological polar surface area (TPSA) is 144 Å². The molecule has 1 aliphatic heterocycles. The van der Waals surface area contributed by atoms with Gasteiger partial charge >= 0.3 is 0 Å². The van der Waals surface area contributed by atoms with Gasteiger partial charge in [-0.25, -0.2) is 4.98 Å². The van der Waals surface area contributed by atoms with Crippen LogP contribution in [0.1, 0.15) is 10.5 Å². The van der Waals surface area contributed by atoms with E-state index in [0.717, 1.165) is 43.3 Å². The second-order valence-corrected chi connectivity index (χ2v) is 12.0. The molecular weight excluding hydrogens is 620 g/mol. The van der Waals surface area contributed by atoms with Gasteiger partial charge in [0.2, 0.25) is 11.9 Å². The van der Waals surface area contributed by atoms with Gasteiger partial charge in [0.15, 0.2) is 11.3 Å². The fourth-order valence-corrected chi connectivity index (χ4v) is 5.56. The third kappa shape index (κ3) is 8.03.